The molecule has 0 atom stereocenters. The molecule has 8 heteroatoms. The summed E-state index contributed by atoms with van der Waals surface area (Å²) in [5.41, 5.74) is -2.54. The minimum absolute atomic E-state index is 0.00208. The first-order valence-electron chi connectivity index (χ1n) is 4.33. The monoisotopic (exact) mass is 290 g/mol. The third kappa shape index (κ3) is 4.15. The van der Waals surface area contributed by atoms with E-state index >= 15 is 0 Å². The normalized spacial score (nSPS) is 9.44. The van der Waals surface area contributed by atoms with Gasteiger partial charge in [0.25, 0.3) is 0 Å². The van der Waals surface area contributed by atoms with Gasteiger partial charge in [0.05, 0.1) is 11.1 Å². The van der Waals surface area contributed by atoms with Gasteiger partial charge in [0.15, 0.2) is 0 Å². The number of hydrogen-bond donors (Lipinski definition) is 0. The standard InChI is InChI=1S/C10H4Cl2O6/c11-9(15)17-7(13)5-1-2-6(4-3-5)8(14)18-10(12)16/h1-4H. The molecule has 6 nitrogen and oxygen atoms in total. The predicted molar refractivity (Wildman–Crippen MR) is 59.8 cm³/mol. The van der Waals surface area contributed by atoms with E-state index in [2.05, 4.69) is 9.47 Å². The van der Waals surface area contributed by atoms with Gasteiger partial charge in [-0.2, -0.15) is 0 Å². The van der Waals surface area contributed by atoms with Crippen LogP contribution >= 0.6 is 23.2 Å². The summed E-state index contributed by atoms with van der Waals surface area (Å²) in [6, 6.07) is 4.77. The molecule has 0 aliphatic carbocycles. The highest BCUT2D eigenvalue weighted by atomic mass is 35.5. The molecule has 18 heavy (non-hydrogen) atoms. The van der Waals surface area contributed by atoms with E-state index in [1.54, 1.807) is 0 Å². The number of halogens is 2. The van der Waals surface area contributed by atoms with Crippen LogP contribution in [0.5, 0.6) is 0 Å². The Morgan fingerprint density at radius 1 is 0.722 bits per heavy atom. The molecule has 0 saturated carbocycles. The van der Waals surface area contributed by atoms with E-state index < -0.39 is 22.8 Å². The van der Waals surface area contributed by atoms with E-state index in [1.165, 1.54) is 24.3 Å². The molecule has 0 heterocycles. The first-order valence-corrected chi connectivity index (χ1v) is 5.09. The zero-order valence-electron chi connectivity index (χ0n) is 8.51. The van der Waals surface area contributed by atoms with Crippen LogP contribution in [0.25, 0.3) is 0 Å². The highest BCUT2D eigenvalue weighted by molar-refractivity contribution is 6.62. The van der Waals surface area contributed by atoms with Crippen molar-refractivity contribution in [2.75, 3.05) is 0 Å². The summed E-state index contributed by atoms with van der Waals surface area (Å²) in [5.74, 6) is -1.94. The highest BCUT2D eigenvalue weighted by Gasteiger charge is 2.14. The van der Waals surface area contributed by atoms with Gasteiger partial charge in [0, 0.05) is 23.2 Å². The molecule has 0 fully saturated rings. The maximum absolute atomic E-state index is 11.2. The van der Waals surface area contributed by atoms with Gasteiger partial charge in [-0.15, -0.1) is 0 Å². The topological polar surface area (TPSA) is 86.7 Å². The van der Waals surface area contributed by atoms with Crippen LogP contribution < -0.4 is 0 Å². The van der Waals surface area contributed by atoms with Crippen LogP contribution in [0.4, 0.5) is 9.59 Å². The first-order chi connectivity index (χ1) is 8.40. The number of carbonyl (C=O) groups excluding carboxylic acids is 4. The Bertz CT molecular complexity index is 461. The molecular formula is C10H4Cl2O6. The second-order valence-corrected chi connectivity index (χ2v) is 3.45. The summed E-state index contributed by atoms with van der Waals surface area (Å²) in [5, 5.41) is 0. The van der Waals surface area contributed by atoms with Crippen molar-refractivity contribution in [1.82, 2.24) is 0 Å². The summed E-state index contributed by atoms with van der Waals surface area (Å²) in [4.78, 5) is 43.0. The predicted octanol–water partition coefficient (Wildman–Crippen LogP) is 2.72. The molecular weight excluding hydrogens is 287 g/mol. The van der Waals surface area contributed by atoms with Gasteiger partial charge in [-0.1, -0.05) is 0 Å². The lowest BCUT2D eigenvalue weighted by Crippen LogP contribution is -2.09. The average molecular weight is 291 g/mol. The van der Waals surface area contributed by atoms with Crippen LogP contribution in [-0.4, -0.2) is 22.8 Å². The molecule has 1 aromatic rings. The number of esters is 2. The number of rotatable bonds is 2. The summed E-state index contributed by atoms with van der Waals surface area (Å²) < 4.78 is 8.19. The fraction of sp³-hybridized carbons (Fsp3) is 0. The summed E-state index contributed by atoms with van der Waals surface area (Å²) in [7, 11) is 0. The lowest BCUT2D eigenvalue weighted by atomic mass is 10.1. The Balaban J connectivity index is 2.79. The van der Waals surface area contributed by atoms with Crippen LogP contribution in [0.15, 0.2) is 24.3 Å². The molecule has 94 valence electrons. The highest BCUT2D eigenvalue weighted by Crippen LogP contribution is 2.09. The van der Waals surface area contributed by atoms with E-state index in [-0.39, 0.29) is 11.1 Å². The molecule has 0 aromatic heterocycles. The van der Waals surface area contributed by atoms with Crippen LogP contribution in [0.1, 0.15) is 20.7 Å². The Hall–Kier alpha value is -1.92. The van der Waals surface area contributed by atoms with Gasteiger partial charge in [-0.3, -0.25) is 0 Å². The fourth-order valence-electron chi connectivity index (χ4n) is 1.01. The molecule has 0 unspecified atom stereocenters. The molecule has 0 aliphatic rings. The molecule has 0 saturated heterocycles. The smallest absolute Gasteiger partial charge is 0.377 e. The van der Waals surface area contributed by atoms with Crippen LogP contribution in [-0.2, 0) is 9.47 Å². The van der Waals surface area contributed by atoms with E-state index in [9.17, 15) is 19.2 Å². The van der Waals surface area contributed by atoms with Crippen LogP contribution in [0.3, 0.4) is 0 Å². The van der Waals surface area contributed by atoms with Gasteiger partial charge in [0.2, 0.25) is 0 Å². The molecule has 1 rings (SSSR count). The Labute approximate surface area is 110 Å². The quantitative estimate of drug-likeness (QED) is 0.473. The van der Waals surface area contributed by atoms with Crippen molar-refractivity contribution in [2.45, 2.75) is 0 Å². The molecule has 0 radical (unpaired) electrons. The largest absolute Gasteiger partial charge is 0.411 e. The van der Waals surface area contributed by atoms with Gasteiger partial charge < -0.3 is 9.47 Å². The second kappa shape index (κ2) is 6.13. The van der Waals surface area contributed by atoms with Crippen LogP contribution in [0.2, 0.25) is 0 Å². The van der Waals surface area contributed by atoms with Crippen molar-refractivity contribution in [3.05, 3.63) is 35.4 Å². The van der Waals surface area contributed by atoms with Crippen molar-refractivity contribution in [1.29, 1.82) is 0 Å². The van der Waals surface area contributed by atoms with Crippen molar-refractivity contribution in [3.8, 4) is 0 Å². The minimum atomic E-state index is -1.27. The van der Waals surface area contributed by atoms with Crippen molar-refractivity contribution in [2.24, 2.45) is 0 Å². The molecule has 0 N–H and O–H groups in total. The molecule has 0 aliphatic heterocycles. The van der Waals surface area contributed by atoms with Gasteiger partial charge in [-0.25, -0.2) is 19.2 Å². The molecule has 1 aromatic carbocycles. The number of benzene rings is 1. The maximum Gasteiger partial charge on any atom is 0.411 e. The summed E-state index contributed by atoms with van der Waals surface area (Å²) in [6.07, 6.45) is 0. The number of ether oxygens (including phenoxy) is 2. The number of hydrogen-bond acceptors (Lipinski definition) is 6. The first kappa shape index (κ1) is 14.1. The Morgan fingerprint density at radius 2 is 1.00 bits per heavy atom. The summed E-state index contributed by atoms with van der Waals surface area (Å²) >= 11 is 9.71. The zero-order chi connectivity index (χ0) is 13.7. The van der Waals surface area contributed by atoms with Crippen molar-refractivity contribution < 1.29 is 28.7 Å². The van der Waals surface area contributed by atoms with Crippen LogP contribution in [0, 0.1) is 0 Å². The van der Waals surface area contributed by atoms with Gasteiger partial charge >= 0.3 is 22.8 Å². The van der Waals surface area contributed by atoms with E-state index in [1.807, 2.05) is 0 Å². The number of carbonyl (C=O) groups is 4. The third-order valence-corrected chi connectivity index (χ3v) is 1.86. The van der Waals surface area contributed by atoms with Gasteiger partial charge in [-0.05, 0) is 24.3 Å². The lowest BCUT2D eigenvalue weighted by Gasteiger charge is -2.01. The van der Waals surface area contributed by atoms with Crippen molar-refractivity contribution in [3.63, 3.8) is 0 Å². The van der Waals surface area contributed by atoms with Crippen molar-refractivity contribution >= 4 is 46.0 Å². The summed E-state index contributed by atoms with van der Waals surface area (Å²) in [6.45, 7) is 0. The average Bonchev–Trinajstić information content (AvgIpc) is 2.27. The minimum Gasteiger partial charge on any atom is -0.377 e. The third-order valence-electron chi connectivity index (χ3n) is 1.70. The molecule has 0 amide bonds. The second-order valence-electron chi connectivity index (χ2n) is 2.83. The molecule has 0 spiro atoms. The molecule has 0 bridgehead atoms. The Kier molecular flexibility index (Phi) is 4.82. The SMILES string of the molecule is O=C(Cl)OC(=O)c1ccc(C(=O)OC(=O)Cl)cc1. The maximum atomic E-state index is 11.2. The van der Waals surface area contributed by atoms with E-state index in [4.69, 9.17) is 23.2 Å². The van der Waals surface area contributed by atoms with E-state index in [0.717, 1.165) is 0 Å². The zero-order valence-corrected chi connectivity index (χ0v) is 10.0. The van der Waals surface area contributed by atoms with Gasteiger partial charge in [0.1, 0.15) is 0 Å². The van der Waals surface area contributed by atoms with E-state index in [0.29, 0.717) is 0 Å². The fourth-order valence-corrected chi connectivity index (χ4v) is 1.15. The Morgan fingerprint density at radius 3 is 1.22 bits per heavy atom. The lowest BCUT2D eigenvalue weighted by molar-refractivity contribution is 0.0644.